The molecule has 4 heteroatoms. The molecule has 0 bridgehead atoms. The van der Waals surface area contributed by atoms with Crippen LogP contribution in [0.2, 0.25) is 0 Å². The van der Waals surface area contributed by atoms with Gasteiger partial charge in [-0.3, -0.25) is 9.59 Å². The van der Waals surface area contributed by atoms with Crippen molar-refractivity contribution >= 4 is 11.8 Å². The topological polar surface area (TPSA) is 52.6 Å². The maximum Gasteiger partial charge on any atom is 0.324 e. The Bertz CT molecular complexity index is 187. The summed E-state index contributed by atoms with van der Waals surface area (Å²) < 4.78 is 9.40. The van der Waals surface area contributed by atoms with Crippen molar-refractivity contribution in [2.24, 2.45) is 5.41 Å². The lowest BCUT2D eigenvalue weighted by molar-refractivity contribution is -0.186. The molecule has 1 fully saturated rings. The Morgan fingerprint density at radius 2 is 2.08 bits per heavy atom. The first-order valence-corrected chi connectivity index (χ1v) is 3.87. The number of carbonyl (C=O) groups excluding carboxylic acids is 2. The van der Waals surface area contributed by atoms with Crippen molar-refractivity contribution in [2.75, 3.05) is 20.3 Å². The summed E-state index contributed by atoms with van der Waals surface area (Å²) in [6, 6.07) is 0. The second-order valence-corrected chi connectivity index (χ2v) is 2.84. The number of ketones is 1. The van der Waals surface area contributed by atoms with Crippen molar-refractivity contribution in [1.82, 2.24) is 0 Å². The highest BCUT2D eigenvalue weighted by molar-refractivity contribution is 6.04. The van der Waals surface area contributed by atoms with E-state index in [0.717, 1.165) is 0 Å². The van der Waals surface area contributed by atoms with Crippen LogP contribution in [0.15, 0.2) is 0 Å². The Morgan fingerprint density at radius 1 is 1.50 bits per heavy atom. The summed E-state index contributed by atoms with van der Waals surface area (Å²) in [5, 5.41) is 0. The standard InChI is InChI=1S/C8H12O4/c1-3-6(9)8(4-12-5-8)7(10)11-2/h3-5H2,1-2H3. The van der Waals surface area contributed by atoms with Crippen LogP contribution in [0, 0.1) is 5.41 Å². The Balaban J connectivity index is 2.75. The fourth-order valence-electron chi connectivity index (χ4n) is 1.23. The van der Waals surface area contributed by atoms with Crippen LogP contribution in [0.5, 0.6) is 0 Å². The van der Waals surface area contributed by atoms with Crippen LogP contribution in [0.4, 0.5) is 0 Å². The van der Waals surface area contributed by atoms with Gasteiger partial charge in [-0.1, -0.05) is 6.92 Å². The van der Waals surface area contributed by atoms with E-state index in [1.165, 1.54) is 7.11 Å². The minimum absolute atomic E-state index is 0.0967. The van der Waals surface area contributed by atoms with Crippen LogP contribution in [0.1, 0.15) is 13.3 Å². The molecule has 0 unspecified atom stereocenters. The molecular weight excluding hydrogens is 160 g/mol. The number of Topliss-reactive ketones (excluding diaryl/α,β-unsaturated/α-hetero) is 1. The van der Waals surface area contributed by atoms with Crippen LogP contribution in [-0.2, 0) is 19.1 Å². The predicted molar refractivity (Wildman–Crippen MR) is 40.6 cm³/mol. The minimum atomic E-state index is -0.983. The van der Waals surface area contributed by atoms with Gasteiger partial charge >= 0.3 is 5.97 Å². The SMILES string of the molecule is CCC(=O)C1(C(=O)OC)COC1. The maximum absolute atomic E-state index is 11.3. The molecular formula is C8H12O4. The second-order valence-electron chi connectivity index (χ2n) is 2.84. The molecule has 0 atom stereocenters. The van der Waals surface area contributed by atoms with Gasteiger partial charge in [0.2, 0.25) is 0 Å². The third kappa shape index (κ3) is 1.12. The Hall–Kier alpha value is -0.900. The van der Waals surface area contributed by atoms with Crippen molar-refractivity contribution in [3.8, 4) is 0 Å². The number of hydrogen-bond donors (Lipinski definition) is 0. The first-order valence-electron chi connectivity index (χ1n) is 3.87. The van der Waals surface area contributed by atoms with Gasteiger partial charge in [0.05, 0.1) is 20.3 Å². The van der Waals surface area contributed by atoms with Crippen LogP contribution < -0.4 is 0 Å². The Kier molecular flexibility index (Phi) is 2.47. The predicted octanol–water partition coefficient (Wildman–Crippen LogP) is 0.155. The zero-order valence-electron chi connectivity index (χ0n) is 7.25. The third-order valence-corrected chi connectivity index (χ3v) is 2.13. The van der Waals surface area contributed by atoms with Crippen LogP contribution in [0.25, 0.3) is 0 Å². The summed E-state index contributed by atoms with van der Waals surface area (Å²) in [7, 11) is 1.28. The first kappa shape index (κ1) is 9.19. The van der Waals surface area contributed by atoms with Crippen molar-refractivity contribution in [3.63, 3.8) is 0 Å². The van der Waals surface area contributed by atoms with Crippen molar-refractivity contribution in [2.45, 2.75) is 13.3 Å². The summed E-state index contributed by atoms with van der Waals surface area (Å²) in [6.45, 7) is 2.07. The van der Waals surface area contributed by atoms with Crippen molar-refractivity contribution in [3.05, 3.63) is 0 Å². The molecule has 1 saturated heterocycles. The zero-order chi connectivity index (χ0) is 9.19. The van der Waals surface area contributed by atoms with Gasteiger partial charge in [0, 0.05) is 6.42 Å². The van der Waals surface area contributed by atoms with Gasteiger partial charge in [0.1, 0.15) is 0 Å². The summed E-state index contributed by atoms with van der Waals surface area (Å²) in [6.07, 6.45) is 0.346. The van der Waals surface area contributed by atoms with Gasteiger partial charge in [0.15, 0.2) is 11.2 Å². The number of methoxy groups -OCH3 is 1. The Labute approximate surface area is 70.8 Å². The fraction of sp³-hybridized carbons (Fsp3) is 0.750. The summed E-state index contributed by atoms with van der Waals surface area (Å²) in [5.41, 5.74) is -0.983. The summed E-state index contributed by atoms with van der Waals surface area (Å²) in [5.74, 6) is -0.568. The number of ether oxygens (including phenoxy) is 2. The van der Waals surface area contributed by atoms with Gasteiger partial charge < -0.3 is 9.47 Å². The molecule has 0 saturated carbocycles. The monoisotopic (exact) mass is 172 g/mol. The number of esters is 1. The third-order valence-electron chi connectivity index (χ3n) is 2.13. The molecule has 1 heterocycles. The van der Waals surface area contributed by atoms with E-state index in [4.69, 9.17) is 4.74 Å². The molecule has 1 aliphatic heterocycles. The lowest BCUT2D eigenvalue weighted by atomic mass is 9.80. The van der Waals surface area contributed by atoms with Crippen LogP contribution >= 0.6 is 0 Å². The van der Waals surface area contributed by atoms with E-state index in [0.29, 0.717) is 6.42 Å². The van der Waals surface area contributed by atoms with E-state index in [1.807, 2.05) is 0 Å². The lowest BCUT2D eigenvalue weighted by Gasteiger charge is -2.36. The van der Waals surface area contributed by atoms with E-state index in [9.17, 15) is 9.59 Å². The molecule has 0 aromatic rings. The van der Waals surface area contributed by atoms with E-state index in [-0.39, 0.29) is 19.0 Å². The molecule has 0 radical (unpaired) electrons. The van der Waals surface area contributed by atoms with Crippen molar-refractivity contribution in [1.29, 1.82) is 0 Å². The van der Waals surface area contributed by atoms with Crippen LogP contribution in [0.3, 0.4) is 0 Å². The van der Waals surface area contributed by atoms with Gasteiger partial charge in [-0.2, -0.15) is 0 Å². The van der Waals surface area contributed by atoms with E-state index < -0.39 is 11.4 Å². The highest BCUT2D eigenvalue weighted by atomic mass is 16.5. The van der Waals surface area contributed by atoms with Crippen molar-refractivity contribution < 1.29 is 19.1 Å². The number of rotatable bonds is 3. The van der Waals surface area contributed by atoms with Gasteiger partial charge in [-0.05, 0) is 0 Å². The van der Waals surface area contributed by atoms with Gasteiger partial charge in [-0.25, -0.2) is 0 Å². The second kappa shape index (κ2) is 3.23. The first-order chi connectivity index (χ1) is 5.67. The average molecular weight is 172 g/mol. The summed E-state index contributed by atoms with van der Waals surface area (Å²) in [4.78, 5) is 22.5. The highest BCUT2D eigenvalue weighted by Gasteiger charge is 2.52. The molecule has 0 spiro atoms. The summed E-state index contributed by atoms with van der Waals surface area (Å²) >= 11 is 0. The van der Waals surface area contributed by atoms with E-state index in [2.05, 4.69) is 4.74 Å². The molecule has 0 aromatic carbocycles. The van der Waals surface area contributed by atoms with Gasteiger partial charge in [0.25, 0.3) is 0 Å². The van der Waals surface area contributed by atoms with Crippen LogP contribution in [-0.4, -0.2) is 32.1 Å². The molecule has 4 nitrogen and oxygen atoms in total. The molecule has 12 heavy (non-hydrogen) atoms. The number of hydrogen-bond acceptors (Lipinski definition) is 4. The van der Waals surface area contributed by atoms with E-state index >= 15 is 0 Å². The molecule has 68 valence electrons. The molecule has 1 rings (SSSR count). The lowest BCUT2D eigenvalue weighted by Crippen LogP contribution is -2.55. The minimum Gasteiger partial charge on any atom is -0.468 e. The maximum atomic E-state index is 11.3. The highest BCUT2D eigenvalue weighted by Crippen LogP contribution is 2.31. The molecule has 0 N–H and O–H groups in total. The largest absolute Gasteiger partial charge is 0.468 e. The molecule has 0 aromatic heterocycles. The zero-order valence-corrected chi connectivity index (χ0v) is 7.25. The van der Waals surface area contributed by atoms with Gasteiger partial charge in [-0.15, -0.1) is 0 Å². The normalized spacial score (nSPS) is 19.5. The Morgan fingerprint density at radius 3 is 2.33 bits per heavy atom. The smallest absolute Gasteiger partial charge is 0.324 e. The quantitative estimate of drug-likeness (QED) is 0.449. The fourth-order valence-corrected chi connectivity index (χ4v) is 1.23. The average Bonchev–Trinajstić information content (AvgIpc) is 2.01. The van der Waals surface area contributed by atoms with E-state index in [1.54, 1.807) is 6.92 Å². The molecule has 1 aliphatic rings. The number of carbonyl (C=O) groups is 2. The molecule has 0 aliphatic carbocycles. The molecule has 0 amide bonds.